The van der Waals surface area contributed by atoms with E-state index in [4.69, 9.17) is 12.2 Å². The number of thioether (sulfide) groups is 2. The van der Waals surface area contributed by atoms with Crippen LogP contribution in [0.2, 0.25) is 0 Å². The first kappa shape index (κ1) is 25.4. The number of aryl methyl sites for hydroxylation is 1. The second-order valence-electron chi connectivity index (χ2n) is 7.68. The van der Waals surface area contributed by atoms with E-state index in [1.807, 2.05) is 61.5 Å². The molecule has 35 heavy (non-hydrogen) atoms. The number of carbonyl (C=O) groups is 3. The van der Waals surface area contributed by atoms with Gasteiger partial charge < -0.3 is 0 Å². The highest BCUT2D eigenvalue weighted by Gasteiger charge is 2.31. The smallest absolute Gasteiger partial charge is 0.266 e. The number of nitrogens with zero attached hydrogens (tertiary/aromatic N) is 2. The van der Waals surface area contributed by atoms with Crippen LogP contribution in [0.1, 0.15) is 24.0 Å². The van der Waals surface area contributed by atoms with E-state index in [0.717, 1.165) is 25.7 Å². The lowest BCUT2D eigenvalue weighted by Crippen LogP contribution is -2.42. The van der Waals surface area contributed by atoms with Crippen LogP contribution in [0.3, 0.4) is 0 Å². The number of thiazole rings is 1. The van der Waals surface area contributed by atoms with Crippen LogP contribution >= 0.6 is 47.1 Å². The molecule has 1 aliphatic rings. The third-order valence-corrected chi connectivity index (χ3v) is 8.53. The Hall–Kier alpha value is -2.73. The highest BCUT2D eigenvalue weighted by molar-refractivity contribution is 8.26. The molecule has 2 heterocycles. The molecular formula is C24H22N4O3S4. The molecule has 7 nitrogen and oxygen atoms in total. The number of hydrogen-bond donors (Lipinski definition) is 2. The van der Waals surface area contributed by atoms with Crippen molar-refractivity contribution in [1.29, 1.82) is 0 Å². The minimum absolute atomic E-state index is 0.143. The lowest BCUT2D eigenvalue weighted by Gasteiger charge is -2.14. The quantitative estimate of drug-likeness (QED) is 0.187. The standard InChI is InChI=1S/C24H22N4O3S4/c1-15-8-10-16(11-9-15)13-19-22(31)28(24(32)35-19)12-4-7-20(29)26-27-21(30)14-33-23-25-17-5-2-3-6-18(17)34-23/h2-3,5-6,8-11,13H,4,7,12,14H2,1H3,(H,26,29)(H,27,30). The van der Waals surface area contributed by atoms with E-state index >= 15 is 0 Å². The number of hydrazine groups is 1. The van der Waals surface area contributed by atoms with Crippen LogP contribution in [0.4, 0.5) is 0 Å². The Balaban J connectivity index is 1.17. The zero-order chi connectivity index (χ0) is 24.8. The molecule has 1 aromatic heterocycles. The van der Waals surface area contributed by atoms with E-state index in [0.29, 0.717) is 22.2 Å². The van der Waals surface area contributed by atoms with Crippen LogP contribution in [0, 0.1) is 6.92 Å². The summed E-state index contributed by atoms with van der Waals surface area (Å²) in [5, 5.41) is 0. The molecule has 3 amide bonds. The predicted molar refractivity (Wildman–Crippen MR) is 147 cm³/mol. The van der Waals surface area contributed by atoms with Gasteiger partial charge in [0.2, 0.25) is 11.8 Å². The Morgan fingerprint density at radius 2 is 1.86 bits per heavy atom. The summed E-state index contributed by atoms with van der Waals surface area (Å²) < 4.78 is 2.34. The Bertz CT molecular complexity index is 1270. The summed E-state index contributed by atoms with van der Waals surface area (Å²) in [4.78, 5) is 43.4. The van der Waals surface area contributed by atoms with E-state index in [1.54, 1.807) is 0 Å². The van der Waals surface area contributed by atoms with Gasteiger partial charge in [0.15, 0.2) is 4.34 Å². The highest BCUT2D eigenvalue weighted by Crippen LogP contribution is 2.33. The number of para-hydroxylation sites is 1. The van der Waals surface area contributed by atoms with Crippen molar-refractivity contribution in [2.75, 3.05) is 12.3 Å². The number of thiocarbonyl (C=S) groups is 1. The molecular weight excluding hydrogens is 521 g/mol. The lowest BCUT2D eigenvalue weighted by molar-refractivity contribution is -0.128. The first-order valence-electron chi connectivity index (χ1n) is 10.8. The van der Waals surface area contributed by atoms with Gasteiger partial charge in [0, 0.05) is 13.0 Å². The normalized spacial score (nSPS) is 14.7. The van der Waals surface area contributed by atoms with E-state index < -0.39 is 0 Å². The van der Waals surface area contributed by atoms with Gasteiger partial charge in [-0.2, -0.15) is 0 Å². The number of benzene rings is 2. The molecule has 2 N–H and O–H groups in total. The molecule has 4 rings (SSSR count). The van der Waals surface area contributed by atoms with E-state index in [2.05, 4.69) is 15.8 Å². The first-order valence-corrected chi connectivity index (χ1v) is 13.8. The molecule has 0 unspecified atom stereocenters. The molecule has 0 bridgehead atoms. The van der Waals surface area contributed by atoms with Gasteiger partial charge in [-0.25, -0.2) is 4.98 Å². The van der Waals surface area contributed by atoms with Gasteiger partial charge in [0.1, 0.15) is 4.32 Å². The van der Waals surface area contributed by atoms with Crippen molar-refractivity contribution in [1.82, 2.24) is 20.7 Å². The number of nitrogens with one attached hydrogen (secondary N) is 2. The van der Waals surface area contributed by atoms with Crippen LogP contribution in [-0.4, -0.2) is 44.2 Å². The number of aromatic nitrogens is 1. The molecule has 11 heteroatoms. The molecule has 1 aliphatic heterocycles. The fourth-order valence-corrected chi connectivity index (χ4v) is 6.36. The number of amides is 3. The minimum Gasteiger partial charge on any atom is -0.293 e. The molecule has 0 spiro atoms. The Morgan fingerprint density at radius 1 is 1.11 bits per heavy atom. The van der Waals surface area contributed by atoms with Crippen LogP contribution in [-0.2, 0) is 14.4 Å². The number of fused-ring (bicyclic) bond motifs is 1. The highest BCUT2D eigenvalue weighted by atomic mass is 32.2. The molecule has 1 saturated heterocycles. The van der Waals surface area contributed by atoms with Gasteiger partial charge in [-0.1, -0.05) is 77.7 Å². The second kappa shape index (κ2) is 11.8. The van der Waals surface area contributed by atoms with Crippen molar-refractivity contribution in [2.45, 2.75) is 24.1 Å². The third kappa shape index (κ3) is 6.91. The van der Waals surface area contributed by atoms with Gasteiger partial charge in [-0.15, -0.1) is 11.3 Å². The fourth-order valence-electron chi connectivity index (χ4n) is 3.18. The van der Waals surface area contributed by atoms with Gasteiger partial charge in [-0.3, -0.25) is 30.1 Å². The maximum Gasteiger partial charge on any atom is 0.266 e. The largest absolute Gasteiger partial charge is 0.293 e. The van der Waals surface area contributed by atoms with Crippen LogP contribution in [0.25, 0.3) is 16.3 Å². The Morgan fingerprint density at radius 3 is 2.63 bits per heavy atom. The van der Waals surface area contributed by atoms with Crippen molar-refractivity contribution in [2.24, 2.45) is 0 Å². The molecule has 1 fully saturated rings. The summed E-state index contributed by atoms with van der Waals surface area (Å²) in [6, 6.07) is 15.7. The zero-order valence-electron chi connectivity index (χ0n) is 18.8. The summed E-state index contributed by atoms with van der Waals surface area (Å²) in [6.45, 7) is 2.35. The average molecular weight is 543 g/mol. The average Bonchev–Trinajstić information content (AvgIpc) is 3.38. The van der Waals surface area contributed by atoms with Crippen molar-refractivity contribution in [3.05, 3.63) is 64.6 Å². The zero-order valence-corrected chi connectivity index (χ0v) is 22.0. The molecule has 0 atom stereocenters. The van der Waals surface area contributed by atoms with E-state index in [-0.39, 0.29) is 29.9 Å². The number of rotatable bonds is 8. The molecule has 2 aromatic carbocycles. The molecule has 3 aromatic rings. The van der Waals surface area contributed by atoms with Gasteiger partial charge in [-0.05, 0) is 37.1 Å². The van der Waals surface area contributed by atoms with Crippen molar-refractivity contribution in [3.8, 4) is 0 Å². The molecule has 0 aliphatic carbocycles. The third-order valence-electron chi connectivity index (χ3n) is 4.98. The Labute approximate surface area is 220 Å². The molecule has 180 valence electrons. The summed E-state index contributed by atoms with van der Waals surface area (Å²) in [7, 11) is 0. The number of carbonyl (C=O) groups excluding carboxylic acids is 3. The summed E-state index contributed by atoms with van der Waals surface area (Å²) in [5.74, 6) is -0.657. The lowest BCUT2D eigenvalue weighted by atomic mass is 10.1. The second-order valence-corrected chi connectivity index (χ2v) is 11.6. The minimum atomic E-state index is -0.330. The van der Waals surface area contributed by atoms with Crippen molar-refractivity contribution >= 4 is 85.4 Å². The van der Waals surface area contributed by atoms with Gasteiger partial charge in [0.25, 0.3) is 5.91 Å². The van der Waals surface area contributed by atoms with Crippen LogP contribution < -0.4 is 10.9 Å². The molecule has 0 radical (unpaired) electrons. The summed E-state index contributed by atoms with van der Waals surface area (Å²) in [5.41, 5.74) is 7.83. The monoisotopic (exact) mass is 542 g/mol. The van der Waals surface area contributed by atoms with E-state index in [9.17, 15) is 14.4 Å². The molecule has 0 saturated carbocycles. The predicted octanol–water partition coefficient (Wildman–Crippen LogP) is 4.53. The van der Waals surface area contributed by atoms with Crippen LogP contribution in [0.15, 0.2) is 57.8 Å². The topological polar surface area (TPSA) is 91.4 Å². The van der Waals surface area contributed by atoms with E-state index in [1.165, 1.54) is 39.8 Å². The maximum absolute atomic E-state index is 12.7. The summed E-state index contributed by atoms with van der Waals surface area (Å²) >= 11 is 9.46. The fraction of sp³-hybridized carbons (Fsp3) is 0.208. The van der Waals surface area contributed by atoms with Gasteiger partial charge >= 0.3 is 0 Å². The van der Waals surface area contributed by atoms with Crippen molar-refractivity contribution in [3.63, 3.8) is 0 Å². The Kier molecular flexibility index (Phi) is 8.55. The first-order chi connectivity index (χ1) is 16.9. The van der Waals surface area contributed by atoms with Gasteiger partial charge in [0.05, 0.1) is 20.9 Å². The van der Waals surface area contributed by atoms with Crippen LogP contribution in [0.5, 0.6) is 0 Å². The summed E-state index contributed by atoms with van der Waals surface area (Å²) in [6.07, 6.45) is 2.40. The maximum atomic E-state index is 12.7. The van der Waals surface area contributed by atoms with Crippen molar-refractivity contribution < 1.29 is 14.4 Å². The SMILES string of the molecule is Cc1ccc(C=C2SC(=S)N(CCCC(=O)NNC(=O)CSc3nc4ccccc4s3)C2=O)cc1. The number of hydrogen-bond acceptors (Lipinski definition) is 8.